The number of pyridine rings is 1. The van der Waals surface area contributed by atoms with Crippen molar-refractivity contribution in [2.24, 2.45) is 0 Å². The Labute approximate surface area is 106 Å². The summed E-state index contributed by atoms with van der Waals surface area (Å²) in [6.07, 6.45) is 1.38. The quantitative estimate of drug-likeness (QED) is 0.808. The zero-order chi connectivity index (χ0) is 12.4. The molecule has 1 aliphatic heterocycles. The van der Waals surface area contributed by atoms with Crippen LogP contribution in [0.4, 0.5) is 0 Å². The number of ketones is 1. The van der Waals surface area contributed by atoms with E-state index in [1.165, 1.54) is 5.39 Å². The van der Waals surface area contributed by atoms with Gasteiger partial charge in [-0.05, 0) is 12.1 Å². The van der Waals surface area contributed by atoms with Gasteiger partial charge < -0.3 is 0 Å². The highest BCUT2D eigenvalue weighted by Crippen LogP contribution is 2.14. The molecule has 1 aromatic heterocycles. The van der Waals surface area contributed by atoms with E-state index in [9.17, 15) is 4.79 Å². The van der Waals surface area contributed by atoms with Gasteiger partial charge in [-0.15, -0.1) is 0 Å². The summed E-state index contributed by atoms with van der Waals surface area (Å²) in [5.41, 5.74) is 2.13. The molecular weight excluding hydrogens is 224 g/mol. The number of Topliss-reactive ketones (excluding diaryl/α,β-unsaturated/α-hetero) is 1. The highest BCUT2D eigenvalue weighted by molar-refractivity contribution is 5.79. The minimum atomic E-state index is 0.387. The number of benzene rings is 1. The third kappa shape index (κ3) is 2.41. The van der Waals surface area contributed by atoms with Gasteiger partial charge in [-0.25, -0.2) is 0 Å². The number of rotatable bonds is 2. The summed E-state index contributed by atoms with van der Waals surface area (Å²) in [4.78, 5) is 18.2. The molecule has 3 heteroatoms. The summed E-state index contributed by atoms with van der Waals surface area (Å²) in [5, 5.41) is 1.18. The Balaban J connectivity index is 1.76. The van der Waals surface area contributed by atoms with Crippen LogP contribution in [-0.2, 0) is 11.3 Å². The van der Waals surface area contributed by atoms with E-state index in [2.05, 4.69) is 28.1 Å². The summed E-state index contributed by atoms with van der Waals surface area (Å²) < 4.78 is 0. The molecule has 0 spiro atoms. The Morgan fingerprint density at radius 1 is 1.06 bits per heavy atom. The van der Waals surface area contributed by atoms with Crippen LogP contribution in [0.15, 0.2) is 36.4 Å². The van der Waals surface area contributed by atoms with Gasteiger partial charge in [-0.2, -0.15) is 0 Å². The van der Waals surface area contributed by atoms with E-state index in [1.54, 1.807) is 0 Å². The molecule has 1 aliphatic rings. The number of aromatic nitrogens is 1. The molecule has 0 saturated carbocycles. The first-order chi connectivity index (χ1) is 8.81. The van der Waals surface area contributed by atoms with E-state index in [0.29, 0.717) is 18.6 Å². The average Bonchev–Trinajstić information content (AvgIpc) is 2.41. The second kappa shape index (κ2) is 4.86. The van der Waals surface area contributed by atoms with Gasteiger partial charge in [0, 0.05) is 37.9 Å². The number of hydrogen-bond donors (Lipinski definition) is 0. The molecule has 0 amide bonds. The van der Waals surface area contributed by atoms with Gasteiger partial charge in [0.25, 0.3) is 0 Å². The van der Waals surface area contributed by atoms with Crippen molar-refractivity contribution in [2.45, 2.75) is 19.4 Å². The first-order valence-corrected chi connectivity index (χ1v) is 6.40. The van der Waals surface area contributed by atoms with E-state index in [0.717, 1.165) is 30.8 Å². The number of carbonyl (C=O) groups is 1. The molecule has 2 aromatic rings. The molecule has 0 N–H and O–H groups in total. The average molecular weight is 240 g/mol. The van der Waals surface area contributed by atoms with Gasteiger partial charge in [0.15, 0.2) is 0 Å². The Morgan fingerprint density at radius 2 is 1.83 bits per heavy atom. The largest absolute Gasteiger partial charge is 0.300 e. The predicted molar refractivity (Wildman–Crippen MR) is 71.3 cm³/mol. The maximum atomic E-state index is 11.2. The van der Waals surface area contributed by atoms with E-state index in [1.807, 2.05) is 18.2 Å². The first kappa shape index (κ1) is 11.4. The number of piperidine rings is 1. The molecule has 1 aromatic carbocycles. The molecule has 0 unspecified atom stereocenters. The maximum absolute atomic E-state index is 11.2. The third-order valence-corrected chi connectivity index (χ3v) is 3.46. The van der Waals surface area contributed by atoms with Crippen molar-refractivity contribution >= 4 is 16.7 Å². The van der Waals surface area contributed by atoms with Crippen molar-refractivity contribution in [3.8, 4) is 0 Å². The lowest BCUT2D eigenvalue weighted by atomic mass is 10.1. The fourth-order valence-electron chi connectivity index (χ4n) is 2.39. The molecule has 2 heterocycles. The maximum Gasteiger partial charge on any atom is 0.135 e. The standard InChI is InChI=1S/C15H16N2O/c18-14-7-9-17(10-8-14)11-13-6-5-12-3-1-2-4-15(12)16-13/h1-6H,7-11H2. The highest BCUT2D eigenvalue weighted by atomic mass is 16.1. The molecule has 3 rings (SSSR count). The van der Waals surface area contributed by atoms with Gasteiger partial charge in [-0.3, -0.25) is 14.7 Å². The Bertz CT molecular complexity index is 569. The van der Waals surface area contributed by atoms with Crippen molar-refractivity contribution in [3.63, 3.8) is 0 Å². The summed E-state index contributed by atoms with van der Waals surface area (Å²) in [6, 6.07) is 12.4. The molecule has 0 atom stereocenters. The minimum absolute atomic E-state index is 0.387. The second-order valence-corrected chi connectivity index (χ2v) is 4.81. The van der Waals surface area contributed by atoms with Gasteiger partial charge in [0.1, 0.15) is 5.78 Å². The van der Waals surface area contributed by atoms with Gasteiger partial charge in [-0.1, -0.05) is 24.3 Å². The lowest BCUT2D eigenvalue weighted by Gasteiger charge is -2.25. The summed E-state index contributed by atoms with van der Waals surface area (Å²) in [5.74, 6) is 0.387. The van der Waals surface area contributed by atoms with E-state index >= 15 is 0 Å². The normalized spacial score (nSPS) is 17.2. The summed E-state index contributed by atoms with van der Waals surface area (Å²) in [7, 11) is 0. The molecule has 0 bridgehead atoms. The molecular formula is C15H16N2O. The topological polar surface area (TPSA) is 33.2 Å². The van der Waals surface area contributed by atoms with Crippen molar-refractivity contribution in [2.75, 3.05) is 13.1 Å². The fourth-order valence-corrected chi connectivity index (χ4v) is 2.39. The molecule has 1 saturated heterocycles. The van der Waals surface area contributed by atoms with Crippen molar-refractivity contribution in [1.82, 2.24) is 9.88 Å². The van der Waals surface area contributed by atoms with E-state index in [4.69, 9.17) is 0 Å². The molecule has 0 radical (unpaired) electrons. The Hall–Kier alpha value is -1.74. The van der Waals surface area contributed by atoms with Crippen LogP contribution in [0.5, 0.6) is 0 Å². The molecule has 0 aliphatic carbocycles. The third-order valence-electron chi connectivity index (χ3n) is 3.46. The van der Waals surface area contributed by atoms with Crippen LogP contribution < -0.4 is 0 Å². The number of hydrogen-bond acceptors (Lipinski definition) is 3. The van der Waals surface area contributed by atoms with Crippen LogP contribution in [0.1, 0.15) is 18.5 Å². The van der Waals surface area contributed by atoms with Crippen LogP contribution in [-0.4, -0.2) is 28.8 Å². The van der Waals surface area contributed by atoms with E-state index in [-0.39, 0.29) is 0 Å². The van der Waals surface area contributed by atoms with E-state index < -0.39 is 0 Å². The van der Waals surface area contributed by atoms with Crippen molar-refractivity contribution < 1.29 is 4.79 Å². The Kier molecular flexibility index (Phi) is 3.07. The van der Waals surface area contributed by atoms with Crippen molar-refractivity contribution in [1.29, 1.82) is 0 Å². The lowest BCUT2D eigenvalue weighted by molar-refractivity contribution is -0.121. The number of fused-ring (bicyclic) bond motifs is 1. The monoisotopic (exact) mass is 240 g/mol. The first-order valence-electron chi connectivity index (χ1n) is 6.40. The van der Waals surface area contributed by atoms with Crippen molar-refractivity contribution in [3.05, 3.63) is 42.1 Å². The van der Waals surface area contributed by atoms with Crippen LogP contribution in [0.25, 0.3) is 10.9 Å². The predicted octanol–water partition coefficient (Wildman–Crippen LogP) is 2.40. The number of para-hydroxylation sites is 1. The number of likely N-dealkylation sites (tertiary alicyclic amines) is 1. The number of carbonyl (C=O) groups excluding carboxylic acids is 1. The molecule has 3 nitrogen and oxygen atoms in total. The van der Waals surface area contributed by atoms with Gasteiger partial charge in [0.2, 0.25) is 0 Å². The molecule has 92 valence electrons. The SMILES string of the molecule is O=C1CCN(Cc2ccc3ccccc3n2)CC1. The molecule has 1 fully saturated rings. The zero-order valence-corrected chi connectivity index (χ0v) is 10.3. The zero-order valence-electron chi connectivity index (χ0n) is 10.3. The summed E-state index contributed by atoms with van der Waals surface area (Å²) in [6.45, 7) is 2.58. The van der Waals surface area contributed by atoms with Crippen LogP contribution in [0.2, 0.25) is 0 Å². The second-order valence-electron chi connectivity index (χ2n) is 4.81. The Morgan fingerprint density at radius 3 is 2.67 bits per heavy atom. The van der Waals surface area contributed by atoms with Crippen LogP contribution in [0.3, 0.4) is 0 Å². The minimum Gasteiger partial charge on any atom is -0.300 e. The molecule has 18 heavy (non-hydrogen) atoms. The number of nitrogens with zero attached hydrogens (tertiary/aromatic N) is 2. The fraction of sp³-hybridized carbons (Fsp3) is 0.333. The smallest absolute Gasteiger partial charge is 0.135 e. The summed E-state index contributed by atoms with van der Waals surface area (Å²) >= 11 is 0. The lowest BCUT2D eigenvalue weighted by Crippen LogP contribution is -2.33. The van der Waals surface area contributed by atoms with Crippen LogP contribution in [0, 0.1) is 0 Å². The van der Waals surface area contributed by atoms with Crippen LogP contribution >= 0.6 is 0 Å². The van der Waals surface area contributed by atoms with Gasteiger partial charge >= 0.3 is 0 Å². The van der Waals surface area contributed by atoms with Gasteiger partial charge in [0.05, 0.1) is 11.2 Å². The highest BCUT2D eigenvalue weighted by Gasteiger charge is 2.16.